The molecule has 0 amide bonds. The quantitative estimate of drug-likeness (QED) is 0.142. The molecule has 9 aromatic rings. The van der Waals surface area contributed by atoms with E-state index in [1.165, 1.54) is 83.2 Å². The van der Waals surface area contributed by atoms with E-state index in [-0.39, 0.29) is 6.04 Å². The normalized spacial score (nSPS) is 13.6. The molecule has 0 aliphatic heterocycles. The molecule has 0 aromatic heterocycles. The molecule has 10 rings (SSSR count). The van der Waals surface area contributed by atoms with Crippen LogP contribution in [0.2, 0.25) is 0 Å². The van der Waals surface area contributed by atoms with Crippen LogP contribution in [0.25, 0.3) is 72.0 Å². The highest BCUT2D eigenvalue weighted by molar-refractivity contribution is 5.97. The van der Waals surface area contributed by atoms with E-state index in [0.29, 0.717) is 0 Å². The lowest BCUT2D eigenvalue weighted by atomic mass is 9.92. The lowest BCUT2D eigenvalue weighted by molar-refractivity contribution is 0.788. The van der Waals surface area contributed by atoms with Crippen molar-refractivity contribution >= 4 is 27.7 Å². The summed E-state index contributed by atoms with van der Waals surface area (Å²) in [5.74, 6) is 0. The Morgan fingerprint density at radius 1 is 0.356 bits per heavy atom. The van der Waals surface area contributed by atoms with Crippen LogP contribution in [0.15, 0.2) is 243 Å². The van der Waals surface area contributed by atoms with Gasteiger partial charge in [-0.05, 0) is 109 Å². The third kappa shape index (κ3) is 7.43. The molecule has 280 valence electrons. The maximum Gasteiger partial charge on any atom is 0.0560 e. The van der Waals surface area contributed by atoms with Gasteiger partial charge in [0.2, 0.25) is 0 Å². The maximum atomic E-state index is 2.53. The summed E-state index contributed by atoms with van der Waals surface area (Å²) in [5, 5.41) is 2.53. The van der Waals surface area contributed by atoms with Crippen molar-refractivity contribution in [3.8, 4) is 55.6 Å². The average molecular weight is 754 g/mol. The molecule has 1 aliphatic rings. The summed E-state index contributed by atoms with van der Waals surface area (Å²) in [5.41, 5.74) is 17.0. The molecule has 1 nitrogen and oxygen atoms in total. The monoisotopic (exact) mass is 753 g/mol. The second kappa shape index (κ2) is 16.2. The number of allylic oxidation sites excluding steroid dienone is 2. The molecule has 0 N–H and O–H groups in total. The van der Waals surface area contributed by atoms with Crippen LogP contribution in [0.3, 0.4) is 0 Å². The molecule has 1 heteroatoms. The van der Waals surface area contributed by atoms with Gasteiger partial charge in [-0.3, -0.25) is 0 Å². The minimum absolute atomic E-state index is 0.112. The van der Waals surface area contributed by atoms with Crippen LogP contribution in [0.4, 0.5) is 11.4 Å². The van der Waals surface area contributed by atoms with E-state index < -0.39 is 0 Å². The third-order valence-electron chi connectivity index (χ3n) is 11.6. The Bertz CT molecular complexity index is 2930. The standard InChI is InChI=1S/C58H43N/c1-3-14-42(15-4-1)44-28-30-48(31-29-44)57-25-9-10-27-58(57)59(53-36-32-45(33-37-53)50-21-11-20-49(40-50)43-16-5-2-6-17-43)54-38-34-46(35-39-54)51-22-12-23-52(41-51)56-26-13-19-47-18-7-8-24-55(47)56/h1-36,38-41,53H,37H2. The first-order valence-corrected chi connectivity index (χ1v) is 20.5. The lowest BCUT2D eigenvalue weighted by Crippen LogP contribution is -2.30. The summed E-state index contributed by atoms with van der Waals surface area (Å²) >= 11 is 0. The van der Waals surface area contributed by atoms with Crippen LogP contribution in [0.5, 0.6) is 0 Å². The van der Waals surface area contributed by atoms with Crippen molar-refractivity contribution in [2.24, 2.45) is 0 Å². The molecule has 59 heavy (non-hydrogen) atoms. The molecule has 9 aromatic carbocycles. The van der Waals surface area contributed by atoms with E-state index in [0.717, 1.165) is 12.1 Å². The Morgan fingerprint density at radius 3 is 1.58 bits per heavy atom. The Labute approximate surface area is 347 Å². The zero-order valence-corrected chi connectivity index (χ0v) is 32.8. The van der Waals surface area contributed by atoms with E-state index in [9.17, 15) is 0 Å². The van der Waals surface area contributed by atoms with Gasteiger partial charge in [-0.1, -0.05) is 212 Å². The molecule has 0 saturated carbocycles. The number of fused-ring (bicyclic) bond motifs is 1. The van der Waals surface area contributed by atoms with E-state index >= 15 is 0 Å². The SMILES string of the molecule is C1=CC(N(c2ccc(-c3cccc(-c4cccc5ccccc45)c3)cc2)c2ccccc2-c2ccc(-c3ccccc3)cc2)CC=C1c1cccc(-c2ccccc2)c1. The molecule has 0 saturated heterocycles. The molecule has 1 atom stereocenters. The van der Waals surface area contributed by atoms with Crippen molar-refractivity contribution in [1.82, 2.24) is 0 Å². The van der Waals surface area contributed by atoms with Crippen LogP contribution in [-0.4, -0.2) is 6.04 Å². The van der Waals surface area contributed by atoms with E-state index in [4.69, 9.17) is 0 Å². The number of para-hydroxylation sites is 1. The van der Waals surface area contributed by atoms with Crippen LogP contribution in [-0.2, 0) is 0 Å². The summed E-state index contributed by atoms with van der Waals surface area (Å²) in [6.07, 6.45) is 7.99. The molecule has 0 spiro atoms. The average Bonchev–Trinajstić information content (AvgIpc) is 3.33. The van der Waals surface area contributed by atoms with Gasteiger partial charge in [-0.25, -0.2) is 0 Å². The van der Waals surface area contributed by atoms with Gasteiger partial charge in [0.25, 0.3) is 0 Å². The van der Waals surface area contributed by atoms with Gasteiger partial charge in [-0.15, -0.1) is 0 Å². The molecule has 1 unspecified atom stereocenters. The fourth-order valence-electron chi connectivity index (χ4n) is 8.59. The highest BCUT2D eigenvalue weighted by atomic mass is 15.2. The zero-order valence-electron chi connectivity index (χ0n) is 32.8. The first-order chi connectivity index (χ1) is 29.2. The number of benzene rings is 9. The molecule has 0 heterocycles. The second-order valence-corrected chi connectivity index (χ2v) is 15.3. The number of rotatable bonds is 9. The van der Waals surface area contributed by atoms with Gasteiger partial charge in [0, 0.05) is 16.9 Å². The summed E-state index contributed by atoms with van der Waals surface area (Å²) in [7, 11) is 0. The molecule has 0 bridgehead atoms. The molecular formula is C58H43N. The summed E-state index contributed by atoms with van der Waals surface area (Å²) in [4.78, 5) is 2.53. The predicted molar refractivity (Wildman–Crippen MR) is 252 cm³/mol. The number of hydrogen-bond donors (Lipinski definition) is 0. The predicted octanol–water partition coefficient (Wildman–Crippen LogP) is 15.7. The van der Waals surface area contributed by atoms with E-state index in [2.05, 4.69) is 248 Å². The molecule has 1 aliphatic carbocycles. The second-order valence-electron chi connectivity index (χ2n) is 15.3. The van der Waals surface area contributed by atoms with Crippen LogP contribution in [0.1, 0.15) is 12.0 Å². The highest BCUT2D eigenvalue weighted by Gasteiger charge is 2.24. The Balaban J connectivity index is 1.01. The van der Waals surface area contributed by atoms with Gasteiger partial charge in [0.15, 0.2) is 0 Å². The first kappa shape index (κ1) is 35.9. The van der Waals surface area contributed by atoms with Crippen molar-refractivity contribution in [1.29, 1.82) is 0 Å². The van der Waals surface area contributed by atoms with E-state index in [1.807, 2.05) is 0 Å². The largest absolute Gasteiger partial charge is 0.334 e. The van der Waals surface area contributed by atoms with Crippen molar-refractivity contribution < 1.29 is 0 Å². The maximum absolute atomic E-state index is 2.53. The minimum atomic E-state index is 0.112. The number of nitrogens with zero attached hydrogens (tertiary/aromatic N) is 1. The van der Waals surface area contributed by atoms with Crippen LogP contribution >= 0.6 is 0 Å². The zero-order chi connectivity index (χ0) is 39.4. The van der Waals surface area contributed by atoms with Crippen LogP contribution in [0, 0.1) is 0 Å². The van der Waals surface area contributed by atoms with Crippen molar-refractivity contribution in [2.75, 3.05) is 4.90 Å². The Kier molecular flexibility index (Phi) is 9.84. The highest BCUT2D eigenvalue weighted by Crippen LogP contribution is 2.41. The lowest BCUT2D eigenvalue weighted by Gasteiger charge is -2.35. The van der Waals surface area contributed by atoms with Gasteiger partial charge >= 0.3 is 0 Å². The molecule has 0 fully saturated rings. The number of hydrogen-bond acceptors (Lipinski definition) is 1. The van der Waals surface area contributed by atoms with Gasteiger partial charge in [0.05, 0.1) is 6.04 Å². The van der Waals surface area contributed by atoms with E-state index in [1.54, 1.807) is 0 Å². The van der Waals surface area contributed by atoms with Crippen molar-refractivity contribution in [3.05, 3.63) is 248 Å². The third-order valence-corrected chi connectivity index (χ3v) is 11.6. The van der Waals surface area contributed by atoms with Gasteiger partial charge < -0.3 is 4.90 Å². The topological polar surface area (TPSA) is 3.24 Å². The number of anilines is 2. The fraction of sp³-hybridized carbons (Fsp3) is 0.0345. The fourth-order valence-corrected chi connectivity index (χ4v) is 8.59. The smallest absolute Gasteiger partial charge is 0.0560 e. The first-order valence-electron chi connectivity index (χ1n) is 20.5. The van der Waals surface area contributed by atoms with Crippen molar-refractivity contribution in [3.63, 3.8) is 0 Å². The Hall–Kier alpha value is -7.48. The minimum Gasteiger partial charge on any atom is -0.334 e. The van der Waals surface area contributed by atoms with Gasteiger partial charge in [-0.2, -0.15) is 0 Å². The van der Waals surface area contributed by atoms with Crippen molar-refractivity contribution in [2.45, 2.75) is 12.5 Å². The Morgan fingerprint density at radius 2 is 0.847 bits per heavy atom. The summed E-state index contributed by atoms with van der Waals surface area (Å²) in [6.45, 7) is 0. The summed E-state index contributed by atoms with van der Waals surface area (Å²) < 4.78 is 0. The summed E-state index contributed by atoms with van der Waals surface area (Å²) in [6, 6.07) is 81.4. The van der Waals surface area contributed by atoms with Gasteiger partial charge in [0.1, 0.15) is 0 Å². The molecular weight excluding hydrogens is 711 g/mol. The van der Waals surface area contributed by atoms with Crippen LogP contribution < -0.4 is 4.90 Å². The molecule has 0 radical (unpaired) electrons.